The third-order valence-corrected chi connectivity index (χ3v) is 2.72. The van der Waals surface area contributed by atoms with E-state index < -0.39 is 18.0 Å². The number of carbonyl (C=O) groups excluding carboxylic acids is 1. The zero-order valence-corrected chi connectivity index (χ0v) is 9.33. The van der Waals surface area contributed by atoms with Crippen molar-refractivity contribution in [1.82, 2.24) is 4.90 Å². The third kappa shape index (κ3) is 3.70. The molecule has 17 heavy (non-hydrogen) atoms. The lowest BCUT2D eigenvalue weighted by Crippen LogP contribution is -2.40. The SMILES string of the molecule is NC1CC(C(=O)O)N(C(=O)CCCC(=O)O)C1. The second-order valence-electron chi connectivity index (χ2n) is 4.14. The lowest BCUT2D eigenvalue weighted by molar-refractivity contribution is -0.148. The molecule has 96 valence electrons. The predicted octanol–water partition coefficient (Wildman–Crippen LogP) is -0.746. The molecule has 1 aliphatic rings. The van der Waals surface area contributed by atoms with Crippen LogP contribution in [0.3, 0.4) is 0 Å². The smallest absolute Gasteiger partial charge is 0.326 e. The number of nitrogens with zero attached hydrogens (tertiary/aromatic N) is 1. The minimum absolute atomic E-state index is 0.0444. The highest BCUT2D eigenvalue weighted by Crippen LogP contribution is 2.18. The molecule has 2 atom stereocenters. The van der Waals surface area contributed by atoms with E-state index in [-0.39, 0.29) is 44.2 Å². The van der Waals surface area contributed by atoms with E-state index in [1.807, 2.05) is 0 Å². The van der Waals surface area contributed by atoms with Crippen LogP contribution < -0.4 is 5.73 Å². The van der Waals surface area contributed by atoms with Crippen molar-refractivity contribution in [2.45, 2.75) is 37.8 Å². The van der Waals surface area contributed by atoms with E-state index >= 15 is 0 Å². The summed E-state index contributed by atoms with van der Waals surface area (Å²) in [5.74, 6) is -2.37. The lowest BCUT2D eigenvalue weighted by Gasteiger charge is -2.21. The molecule has 1 heterocycles. The Kier molecular flexibility index (Phi) is 4.45. The third-order valence-electron chi connectivity index (χ3n) is 2.72. The summed E-state index contributed by atoms with van der Waals surface area (Å²) in [5, 5.41) is 17.4. The molecule has 7 heteroatoms. The van der Waals surface area contributed by atoms with Gasteiger partial charge in [0, 0.05) is 25.4 Å². The number of rotatable bonds is 5. The molecule has 4 N–H and O–H groups in total. The van der Waals surface area contributed by atoms with Gasteiger partial charge in [0.1, 0.15) is 6.04 Å². The fourth-order valence-corrected chi connectivity index (χ4v) is 1.91. The molecule has 0 aromatic rings. The second-order valence-corrected chi connectivity index (χ2v) is 4.14. The Balaban J connectivity index is 2.49. The number of nitrogens with two attached hydrogens (primary N) is 1. The summed E-state index contributed by atoms with van der Waals surface area (Å²) < 4.78 is 0. The van der Waals surface area contributed by atoms with Crippen molar-refractivity contribution in [2.75, 3.05) is 6.54 Å². The second kappa shape index (κ2) is 5.62. The first kappa shape index (κ1) is 13.4. The van der Waals surface area contributed by atoms with Crippen LogP contribution in [0.4, 0.5) is 0 Å². The van der Waals surface area contributed by atoms with Crippen LogP contribution in [-0.2, 0) is 14.4 Å². The number of amides is 1. The van der Waals surface area contributed by atoms with Crippen LogP contribution in [0.1, 0.15) is 25.7 Å². The monoisotopic (exact) mass is 244 g/mol. The van der Waals surface area contributed by atoms with Crippen LogP contribution >= 0.6 is 0 Å². The molecule has 1 fully saturated rings. The summed E-state index contributed by atoms with van der Waals surface area (Å²) in [7, 11) is 0. The highest BCUT2D eigenvalue weighted by Gasteiger charge is 2.37. The molecule has 7 nitrogen and oxygen atoms in total. The highest BCUT2D eigenvalue weighted by atomic mass is 16.4. The Morgan fingerprint density at radius 1 is 1.24 bits per heavy atom. The van der Waals surface area contributed by atoms with Crippen LogP contribution in [0.25, 0.3) is 0 Å². The maximum Gasteiger partial charge on any atom is 0.326 e. The quantitative estimate of drug-likeness (QED) is 0.585. The van der Waals surface area contributed by atoms with E-state index in [0.29, 0.717) is 0 Å². The summed E-state index contributed by atoms with van der Waals surface area (Å²) in [6.07, 6.45) is 0.415. The minimum atomic E-state index is -1.07. The summed E-state index contributed by atoms with van der Waals surface area (Å²) in [6.45, 7) is 0.225. The van der Waals surface area contributed by atoms with Crippen molar-refractivity contribution in [3.8, 4) is 0 Å². The van der Waals surface area contributed by atoms with Crippen molar-refractivity contribution in [3.63, 3.8) is 0 Å². The average Bonchev–Trinajstić information content (AvgIpc) is 2.59. The van der Waals surface area contributed by atoms with Gasteiger partial charge in [0.15, 0.2) is 0 Å². The Labute approximate surface area is 98.2 Å². The number of hydrogen-bond acceptors (Lipinski definition) is 4. The normalized spacial score (nSPS) is 23.7. The average molecular weight is 244 g/mol. The number of likely N-dealkylation sites (tertiary alicyclic amines) is 1. The zero-order chi connectivity index (χ0) is 13.0. The molecule has 1 aliphatic heterocycles. The number of carboxylic acid groups (broad SMARTS) is 2. The van der Waals surface area contributed by atoms with Crippen molar-refractivity contribution in [3.05, 3.63) is 0 Å². The zero-order valence-electron chi connectivity index (χ0n) is 9.33. The van der Waals surface area contributed by atoms with Crippen molar-refractivity contribution in [2.24, 2.45) is 5.73 Å². The molecule has 0 radical (unpaired) electrons. The number of aliphatic carboxylic acids is 2. The van der Waals surface area contributed by atoms with Crippen LogP contribution in [0, 0.1) is 0 Å². The fraction of sp³-hybridized carbons (Fsp3) is 0.700. The molecule has 0 aromatic heterocycles. The number of hydrogen-bond donors (Lipinski definition) is 3. The van der Waals surface area contributed by atoms with Gasteiger partial charge in [-0.05, 0) is 12.8 Å². The van der Waals surface area contributed by atoms with E-state index in [2.05, 4.69) is 0 Å². The van der Waals surface area contributed by atoms with Gasteiger partial charge in [-0.1, -0.05) is 0 Å². The Morgan fingerprint density at radius 2 is 1.88 bits per heavy atom. The van der Waals surface area contributed by atoms with E-state index in [0.717, 1.165) is 0 Å². The van der Waals surface area contributed by atoms with Gasteiger partial charge in [-0.15, -0.1) is 0 Å². The van der Waals surface area contributed by atoms with Crippen molar-refractivity contribution in [1.29, 1.82) is 0 Å². The van der Waals surface area contributed by atoms with Crippen molar-refractivity contribution < 1.29 is 24.6 Å². The topological polar surface area (TPSA) is 121 Å². The first-order valence-corrected chi connectivity index (χ1v) is 5.41. The summed E-state index contributed by atoms with van der Waals surface area (Å²) in [5.41, 5.74) is 5.62. The Bertz CT molecular complexity index is 331. The van der Waals surface area contributed by atoms with Crippen LogP contribution in [0.2, 0.25) is 0 Å². The molecule has 0 bridgehead atoms. The molecule has 1 saturated heterocycles. The Morgan fingerprint density at radius 3 is 2.41 bits per heavy atom. The van der Waals surface area contributed by atoms with E-state index in [4.69, 9.17) is 15.9 Å². The molecule has 1 amide bonds. The molecule has 1 rings (SSSR count). The first-order chi connectivity index (χ1) is 7.91. The number of carbonyl (C=O) groups is 3. The maximum atomic E-state index is 11.7. The molecule has 0 saturated carbocycles. The van der Waals surface area contributed by atoms with Gasteiger partial charge in [0.25, 0.3) is 0 Å². The van der Waals surface area contributed by atoms with Crippen LogP contribution in [0.5, 0.6) is 0 Å². The van der Waals surface area contributed by atoms with E-state index in [9.17, 15) is 14.4 Å². The molecule has 2 unspecified atom stereocenters. The first-order valence-electron chi connectivity index (χ1n) is 5.41. The highest BCUT2D eigenvalue weighted by molar-refractivity contribution is 5.84. The summed E-state index contributed by atoms with van der Waals surface area (Å²) >= 11 is 0. The lowest BCUT2D eigenvalue weighted by atomic mass is 10.1. The standard InChI is InChI=1S/C10H16N2O5/c11-6-4-7(10(16)17)12(5-6)8(13)2-1-3-9(14)15/h6-7H,1-5,11H2,(H,14,15)(H,16,17). The minimum Gasteiger partial charge on any atom is -0.481 e. The van der Waals surface area contributed by atoms with Gasteiger partial charge in [-0.25, -0.2) is 4.79 Å². The van der Waals surface area contributed by atoms with E-state index in [1.165, 1.54) is 4.90 Å². The summed E-state index contributed by atoms with van der Waals surface area (Å²) in [4.78, 5) is 34.1. The van der Waals surface area contributed by atoms with Gasteiger partial charge in [0.05, 0.1) is 0 Å². The summed E-state index contributed by atoms with van der Waals surface area (Å²) in [6, 6.07) is -1.19. The fourth-order valence-electron chi connectivity index (χ4n) is 1.91. The van der Waals surface area contributed by atoms with Gasteiger partial charge in [-0.3, -0.25) is 9.59 Å². The predicted molar refractivity (Wildman–Crippen MR) is 57.2 cm³/mol. The molecule has 0 spiro atoms. The molecule has 0 aliphatic carbocycles. The Hall–Kier alpha value is -1.63. The maximum absolute atomic E-state index is 11.7. The van der Waals surface area contributed by atoms with Crippen molar-refractivity contribution >= 4 is 17.8 Å². The molecular weight excluding hydrogens is 228 g/mol. The number of carboxylic acids is 2. The largest absolute Gasteiger partial charge is 0.481 e. The van der Waals surface area contributed by atoms with Gasteiger partial charge < -0.3 is 20.8 Å². The molecular formula is C10H16N2O5. The van der Waals surface area contributed by atoms with Crippen LogP contribution in [-0.4, -0.2) is 51.6 Å². The van der Waals surface area contributed by atoms with Gasteiger partial charge >= 0.3 is 11.9 Å². The van der Waals surface area contributed by atoms with Gasteiger partial charge in [0.2, 0.25) is 5.91 Å². The molecule has 0 aromatic carbocycles. The van der Waals surface area contributed by atoms with Gasteiger partial charge in [-0.2, -0.15) is 0 Å². The van der Waals surface area contributed by atoms with E-state index in [1.54, 1.807) is 0 Å². The van der Waals surface area contributed by atoms with Crippen LogP contribution in [0.15, 0.2) is 0 Å².